The number of hydrogen-bond donors (Lipinski definition) is 1. The Bertz CT molecular complexity index is 2360. The number of halogens is 3. The van der Waals surface area contributed by atoms with E-state index in [-0.39, 0.29) is 41.9 Å². The third-order valence-electron chi connectivity index (χ3n) is 10.6. The molecule has 2 atom stereocenters. The fourth-order valence-electron chi connectivity index (χ4n) is 7.76. The zero-order valence-corrected chi connectivity index (χ0v) is 34.8. The van der Waals surface area contributed by atoms with Crippen LogP contribution in [0.15, 0.2) is 85.2 Å². The van der Waals surface area contributed by atoms with Gasteiger partial charge in [0, 0.05) is 43.8 Å². The van der Waals surface area contributed by atoms with Gasteiger partial charge in [-0.15, -0.1) is 0 Å². The highest BCUT2D eigenvalue weighted by atomic mass is 28.4. The summed E-state index contributed by atoms with van der Waals surface area (Å²) in [6, 6.07) is 22.5. The number of ether oxygens (including phenoxy) is 3. The van der Waals surface area contributed by atoms with Crippen molar-refractivity contribution in [3.63, 3.8) is 0 Å². The van der Waals surface area contributed by atoms with Crippen molar-refractivity contribution < 1.29 is 32.2 Å². The average Bonchev–Trinajstić information content (AvgIpc) is 3.71. The highest BCUT2D eigenvalue weighted by Gasteiger charge is 2.49. The molecule has 0 amide bonds. The summed E-state index contributed by atoms with van der Waals surface area (Å²) in [7, 11) is -3.55. The molecular formula is C42H48F3N5O4Si2. The van der Waals surface area contributed by atoms with Crippen LogP contribution in [0.3, 0.4) is 0 Å². The molecule has 9 nitrogen and oxygen atoms in total. The third kappa shape index (κ3) is 7.08. The molecule has 2 aromatic carbocycles. The molecule has 1 N–H and O–H groups in total. The van der Waals surface area contributed by atoms with E-state index in [1.807, 2.05) is 81.4 Å². The molecular weight excluding hydrogens is 752 g/mol. The van der Waals surface area contributed by atoms with E-state index in [2.05, 4.69) is 29.7 Å². The van der Waals surface area contributed by atoms with Crippen molar-refractivity contribution in [2.75, 3.05) is 20.3 Å². The van der Waals surface area contributed by atoms with Crippen molar-refractivity contribution >= 4 is 37.8 Å². The Labute approximate surface area is 327 Å². The van der Waals surface area contributed by atoms with E-state index < -0.39 is 45.4 Å². The molecule has 0 saturated carbocycles. The molecule has 5 heterocycles. The van der Waals surface area contributed by atoms with Gasteiger partial charge in [0.2, 0.25) is 11.8 Å². The third-order valence-corrected chi connectivity index (χ3v) is 16.8. The van der Waals surface area contributed by atoms with Gasteiger partial charge in [-0.25, -0.2) is 27.8 Å². The molecule has 4 aromatic heterocycles. The van der Waals surface area contributed by atoms with Crippen LogP contribution < -0.4 is 19.8 Å². The fraction of sp³-hybridized carbons (Fsp3) is 0.357. The first-order chi connectivity index (χ1) is 26.7. The van der Waals surface area contributed by atoms with E-state index in [0.717, 1.165) is 28.2 Å². The number of alkyl halides is 2. The van der Waals surface area contributed by atoms with Crippen molar-refractivity contribution in [3.05, 3.63) is 102 Å². The predicted molar refractivity (Wildman–Crippen MR) is 218 cm³/mol. The van der Waals surface area contributed by atoms with Gasteiger partial charge >= 0.3 is 0 Å². The standard InChI is InChI=1S/C42H48F3N5O4Si2/c1-42(2,3)56(51,28-14-9-8-10-15-28)33-18-12-11-16-29(33)32-19-21-54-41-35(36(38(44)45)48-50(32)41)37-34(31-24-27(43)25-47-40(31)52-4)30-17-13-20-46-39(30)49(37)26-53-22-23-55(5,6)7/h8-18,20,24-25,32,38,51H,19,21-23,26H2,1-7H3. The van der Waals surface area contributed by atoms with Gasteiger partial charge in [-0.1, -0.05) is 95.0 Å². The van der Waals surface area contributed by atoms with E-state index in [0.29, 0.717) is 29.6 Å². The summed E-state index contributed by atoms with van der Waals surface area (Å²) in [6.45, 7) is 13.5. The molecule has 0 aliphatic carbocycles. The second-order valence-electron chi connectivity index (χ2n) is 16.5. The van der Waals surface area contributed by atoms with Crippen LogP contribution >= 0.6 is 0 Å². The molecule has 0 bridgehead atoms. The van der Waals surface area contributed by atoms with Crippen molar-refractivity contribution in [3.8, 4) is 34.1 Å². The first kappa shape index (κ1) is 39.5. The molecule has 0 radical (unpaired) electrons. The van der Waals surface area contributed by atoms with Gasteiger partial charge < -0.3 is 23.6 Å². The van der Waals surface area contributed by atoms with Gasteiger partial charge in [-0.05, 0) is 45.2 Å². The minimum Gasteiger partial charge on any atom is -0.481 e. The van der Waals surface area contributed by atoms with Crippen LogP contribution in [0.4, 0.5) is 13.2 Å². The normalized spacial score (nSPS) is 15.8. The minimum atomic E-state index is -3.49. The van der Waals surface area contributed by atoms with Crippen LogP contribution in [0.25, 0.3) is 33.4 Å². The zero-order chi connectivity index (χ0) is 40.0. The molecule has 1 aliphatic rings. The lowest BCUT2D eigenvalue weighted by Gasteiger charge is -2.41. The first-order valence-corrected chi connectivity index (χ1v) is 24.5. The maximum Gasteiger partial charge on any atom is 0.282 e. The van der Waals surface area contributed by atoms with Gasteiger partial charge in [-0.2, -0.15) is 5.10 Å². The molecule has 1 aliphatic heterocycles. The molecule has 2 unspecified atom stereocenters. The highest BCUT2D eigenvalue weighted by Crippen LogP contribution is 2.51. The zero-order valence-electron chi connectivity index (χ0n) is 32.8. The van der Waals surface area contributed by atoms with Gasteiger partial charge in [0.25, 0.3) is 14.7 Å². The van der Waals surface area contributed by atoms with Crippen molar-refractivity contribution in [1.29, 1.82) is 0 Å². The Balaban J connectivity index is 1.50. The van der Waals surface area contributed by atoms with Crippen molar-refractivity contribution in [2.24, 2.45) is 0 Å². The number of rotatable bonds is 12. The molecule has 0 saturated heterocycles. The first-order valence-electron chi connectivity index (χ1n) is 18.8. The molecule has 7 rings (SSSR count). The van der Waals surface area contributed by atoms with Crippen LogP contribution in [0.1, 0.15) is 50.9 Å². The summed E-state index contributed by atoms with van der Waals surface area (Å²) in [6.07, 6.45) is 0.0535. The summed E-state index contributed by atoms with van der Waals surface area (Å²) in [5.74, 6) is -0.395. The van der Waals surface area contributed by atoms with Crippen LogP contribution in [0.2, 0.25) is 30.7 Å². The lowest BCUT2D eigenvalue weighted by atomic mass is 9.98. The van der Waals surface area contributed by atoms with E-state index in [1.54, 1.807) is 16.8 Å². The Hall–Kier alpha value is -4.77. The predicted octanol–water partition coefficient (Wildman–Crippen LogP) is 8.58. The maximum absolute atomic E-state index is 15.6. The van der Waals surface area contributed by atoms with Crippen LogP contribution in [0, 0.1) is 5.82 Å². The highest BCUT2D eigenvalue weighted by molar-refractivity contribution is 6.98. The van der Waals surface area contributed by atoms with Gasteiger partial charge in [0.1, 0.15) is 23.9 Å². The fourth-order valence-corrected chi connectivity index (χ4v) is 12.2. The number of pyridine rings is 2. The number of aromatic nitrogens is 5. The summed E-state index contributed by atoms with van der Waals surface area (Å²) in [5.41, 5.74) is 1.67. The quantitative estimate of drug-likeness (QED) is 0.0979. The van der Waals surface area contributed by atoms with E-state index >= 15 is 13.2 Å². The van der Waals surface area contributed by atoms with Crippen LogP contribution in [-0.4, -0.2) is 65.8 Å². The number of fused-ring (bicyclic) bond motifs is 2. The minimum absolute atomic E-state index is 0.0285. The van der Waals surface area contributed by atoms with Crippen molar-refractivity contribution in [1.82, 2.24) is 24.3 Å². The Kier molecular flexibility index (Phi) is 10.8. The molecule has 6 aromatic rings. The molecule has 14 heteroatoms. The summed E-state index contributed by atoms with van der Waals surface area (Å²) in [4.78, 5) is 21.9. The van der Waals surface area contributed by atoms with E-state index in [4.69, 9.17) is 19.2 Å². The summed E-state index contributed by atoms with van der Waals surface area (Å²) >= 11 is 0. The number of hydrogen-bond acceptors (Lipinski definition) is 7. The second kappa shape index (κ2) is 15.3. The lowest BCUT2D eigenvalue weighted by molar-refractivity contribution is 0.0907. The number of benzene rings is 2. The molecule has 0 fully saturated rings. The largest absolute Gasteiger partial charge is 0.481 e. The second-order valence-corrected chi connectivity index (χ2v) is 26.1. The van der Waals surface area contributed by atoms with Crippen molar-refractivity contribution in [2.45, 2.75) is 77.1 Å². The van der Waals surface area contributed by atoms with Crippen LogP contribution in [-0.2, 0) is 11.5 Å². The summed E-state index contributed by atoms with van der Waals surface area (Å²) < 4.78 is 68.0. The average molecular weight is 800 g/mol. The Morgan fingerprint density at radius 1 is 0.982 bits per heavy atom. The molecule has 56 heavy (non-hydrogen) atoms. The Morgan fingerprint density at radius 2 is 1.71 bits per heavy atom. The molecule has 294 valence electrons. The van der Waals surface area contributed by atoms with Gasteiger partial charge in [0.05, 0.1) is 37.2 Å². The smallest absolute Gasteiger partial charge is 0.282 e. The monoisotopic (exact) mass is 799 g/mol. The lowest BCUT2D eigenvalue weighted by Crippen LogP contribution is -2.65. The van der Waals surface area contributed by atoms with Crippen LogP contribution in [0.5, 0.6) is 11.8 Å². The molecule has 0 spiro atoms. The van der Waals surface area contributed by atoms with E-state index in [1.165, 1.54) is 17.9 Å². The number of methoxy groups -OCH3 is 1. The van der Waals surface area contributed by atoms with E-state index in [9.17, 15) is 4.80 Å². The number of nitrogens with zero attached hydrogens (tertiary/aromatic N) is 5. The summed E-state index contributed by atoms with van der Waals surface area (Å²) in [5, 5.41) is 6.30. The van der Waals surface area contributed by atoms with Gasteiger partial charge in [0.15, 0.2) is 0 Å². The van der Waals surface area contributed by atoms with Gasteiger partial charge in [-0.3, -0.25) is 0 Å². The SMILES string of the molecule is COc1ncc(F)cc1-c1c(-c2c(C(F)F)nn3c2OCCC3c2ccccc2[Si](O)(c2ccccc2)C(C)(C)C)n(COCC[Si](C)(C)C)c2ncccc12. The topological polar surface area (TPSA) is 96.5 Å². The Morgan fingerprint density at radius 3 is 2.41 bits per heavy atom. The maximum atomic E-state index is 15.6.